The number of Topliss-reactive ketones (excluding diaryl/α,β-unsaturated/α-hetero) is 1. The van der Waals surface area contributed by atoms with Crippen LogP contribution in [0.4, 0.5) is 9.59 Å². The van der Waals surface area contributed by atoms with Crippen molar-refractivity contribution in [3.8, 4) is 0 Å². The zero-order valence-electron chi connectivity index (χ0n) is 45.1. The molecule has 1 aliphatic heterocycles. The van der Waals surface area contributed by atoms with Gasteiger partial charge in [-0.05, 0) is 54.8 Å². The molecule has 3 aliphatic carbocycles. The maximum absolute atomic E-state index is 15.8. The first-order chi connectivity index (χ1) is 38.2. The van der Waals surface area contributed by atoms with E-state index >= 15 is 9.59 Å². The molecule has 438 valence electrons. The van der Waals surface area contributed by atoms with Crippen molar-refractivity contribution in [2.75, 3.05) is 43.6 Å². The highest BCUT2D eigenvalue weighted by Crippen LogP contribution is 2.64. The van der Waals surface area contributed by atoms with Gasteiger partial charge in [0.25, 0.3) is 16.0 Å². The van der Waals surface area contributed by atoms with E-state index in [9.17, 15) is 47.4 Å². The van der Waals surface area contributed by atoms with Gasteiger partial charge in [-0.25, -0.2) is 19.2 Å². The number of alkyl carbamates (subject to hydrolysis) is 1. The number of aliphatic hydroxyl groups excluding tert-OH is 1. The molecule has 2 amide bonds. The summed E-state index contributed by atoms with van der Waals surface area (Å²) < 4.78 is 77.6. The monoisotopic (exact) mass is 1180 g/mol. The van der Waals surface area contributed by atoms with E-state index < -0.39 is 141 Å². The molecule has 11 atom stereocenters. The van der Waals surface area contributed by atoms with E-state index in [0.717, 1.165) is 13.8 Å². The third kappa shape index (κ3) is 13.5. The smallest absolute Gasteiger partial charge is 0.455 e. The summed E-state index contributed by atoms with van der Waals surface area (Å²) in [7, 11) is -1.85. The molecule has 26 heteroatoms. The van der Waals surface area contributed by atoms with Crippen molar-refractivity contribution in [3.63, 3.8) is 0 Å². The van der Waals surface area contributed by atoms with E-state index in [1.807, 2.05) is 0 Å². The van der Waals surface area contributed by atoms with Gasteiger partial charge in [-0.1, -0.05) is 102 Å². The lowest BCUT2D eigenvalue weighted by molar-refractivity contribution is -0.346. The van der Waals surface area contributed by atoms with E-state index in [0.29, 0.717) is 0 Å². The topological polar surface area (TPSA) is 329 Å². The predicted molar refractivity (Wildman–Crippen MR) is 289 cm³/mol. The van der Waals surface area contributed by atoms with Gasteiger partial charge in [0.05, 0.1) is 35.4 Å². The summed E-state index contributed by atoms with van der Waals surface area (Å²) in [5.41, 5.74) is -7.92. The quantitative estimate of drug-likeness (QED) is 0.0237. The van der Waals surface area contributed by atoms with Crippen LogP contribution in [0.3, 0.4) is 0 Å². The molecule has 0 spiro atoms. The predicted octanol–water partition coefficient (Wildman–Crippen LogP) is 4.89. The largest absolute Gasteiger partial charge is 0.509 e. The molecule has 3 aromatic carbocycles. The number of fused-ring (bicyclic) bond motifs is 5. The van der Waals surface area contributed by atoms with Crippen LogP contribution >= 0.6 is 21.6 Å². The van der Waals surface area contributed by atoms with Crippen molar-refractivity contribution in [2.24, 2.45) is 16.7 Å². The van der Waals surface area contributed by atoms with Crippen LogP contribution in [0, 0.1) is 16.7 Å². The van der Waals surface area contributed by atoms with Crippen molar-refractivity contribution < 1.29 is 99.4 Å². The van der Waals surface area contributed by atoms with Gasteiger partial charge >= 0.3 is 36.1 Å². The number of hydrogen-bond acceptors (Lipinski definition) is 22. The van der Waals surface area contributed by atoms with E-state index in [2.05, 4.69) is 10.6 Å². The molecular formula is C55H64N2O21S3. The Hall–Kier alpha value is -6.55. The van der Waals surface area contributed by atoms with Crippen LogP contribution in [0.5, 0.6) is 0 Å². The number of nitrogens with one attached hydrogen (secondary N) is 2. The fourth-order valence-corrected chi connectivity index (χ4v) is 13.2. The van der Waals surface area contributed by atoms with Crippen LogP contribution in [-0.2, 0) is 67.2 Å². The Kier molecular flexibility index (Phi) is 19.7. The van der Waals surface area contributed by atoms with Gasteiger partial charge in [0.15, 0.2) is 17.5 Å². The van der Waals surface area contributed by atoms with Crippen molar-refractivity contribution in [1.82, 2.24) is 10.6 Å². The van der Waals surface area contributed by atoms with Crippen LogP contribution in [0.1, 0.15) is 86.7 Å². The van der Waals surface area contributed by atoms with E-state index in [1.165, 1.54) is 73.5 Å². The SMILES string of the molecule is CC(=O)O[C@H]1C(=O)[C@@]2(C)[C@H]([C@H](OC(=O)c3ccccc3)[C@]3(O)C[C@H](OC(=O)[C@H](OC(=O)OCCSSCCOC(=O)NCCS(=O)(=O)O)[C@@H](NC(=O)c4ccccc4)c4ccccc4)C(C)=C1C3(C)C)[C@]1(OC(C)=O)CO[C@@H]1C[C@@H]2O. The summed E-state index contributed by atoms with van der Waals surface area (Å²) in [6, 6.07) is 22.1. The number of carbonyl (C=O) groups excluding carboxylic acids is 8. The number of rotatable bonds is 21. The summed E-state index contributed by atoms with van der Waals surface area (Å²) in [4.78, 5) is 112. The molecule has 7 rings (SSSR count). The van der Waals surface area contributed by atoms with Gasteiger partial charge in [-0.2, -0.15) is 8.42 Å². The summed E-state index contributed by atoms with van der Waals surface area (Å²) >= 11 is 0. The number of ether oxygens (including phenoxy) is 8. The summed E-state index contributed by atoms with van der Waals surface area (Å²) in [5.74, 6) is -7.68. The van der Waals surface area contributed by atoms with Crippen LogP contribution in [-0.4, -0.2) is 162 Å². The van der Waals surface area contributed by atoms with Gasteiger partial charge < -0.3 is 58.7 Å². The molecule has 0 radical (unpaired) electrons. The normalized spacial score (nSPS) is 27.1. The minimum atomic E-state index is -4.28. The molecule has 1 heterocycles. The van der Waals surface area contributed by atoms with Crippen molar-refractivity contribution in [3.05, 3.63) is 119 Å². The number of esters is 4. The third-order valence-corrected chi connectivity index (χ3v) is 18.2. The number of benzene rings is 3. The molecule has 81 heavy (non-hydrogen) atoms. The Morgan fingerprint density at radius 1 is 0.815 bits per heavy atom. The van der Waals surface area contributed by atoms with Gasteiger partial charge in [-0.15, -0.1) is 0 Å². The molecule has 3 aromatic rings. The number of amides is 2. The van der Waals surface area contributed by atoms with Gasteiger partial charge in [0.1, 0.15) is 43.2 Å². The number of hydrogen-bond donors (Lipinski definition) is 5. The number of aliphatic hydroxyl groups is 2. The summed E-state index contributed by atoms with van der Waals surface area (Å²) in [6.07, 6.45) is -13.6. The molecular weight excluding hydrogens is 1120 g/mol. The maximum atomic E-state index is 15.8. The van der Waals surface area contributed by atoms with Gasteiger partial charge in [-0.3, -0.25) is 23.7 Å². The molecule has 2 saturated carbocycles. The first-order valence-corrected chi connectivity index (χ1v) is 29.8. The standard InChI is InChI=1S/C55H64N2O21S3/c1-31-37(75-49(64)43(41(34-16-10-7-11-17-34)57-47(62)35-18-12-8-13-19-35)76-51(66)72-24-26-80-79-25-23-71-50(65)56-22-27-81(68,69)70)29-55(67)46(77-48(63)36-20-14-9-15-21-36)44-53(6,38(60)28-39-54(44,30-73-39)78-33(3)59)45(61)42(74-32(2)58)40(31)52(55,4)5/h7-21,37-39,41-44,46,60,67H,22-30H2,1-6H3,(H,56,65)(H,57,62)(H,68,69,70)/t37-,38-,39+,41-,42+,43+,44-,46-,53+,54-,55+/m0/s1. The summed E-state index contributed by atoms with van der Waals surface area (Å²) in [5, 5.41) is 31.2. The van der Waals surface area contributed by atoms with Crippen LogP contribution < -0.4 is 10.6 Å². The van der Waals surface area contributed by atoms with Crippen molar-refractivity contribution in [1.29, 1.82) is 0 Å². The highest BCUT2D eigenvalue weighted by Gasteiger charge is 2.78. The Balaban J connectivity index is 1.26. The first kappa shape index (κ1) is 62.1. The Morgan fingerprint density at radius 3 is 1.98 bits per heavy atom. The number of ketones is 1. The average Bonchev–Trinajstić information content (AvgIpc) is 2.89. The van der Waals surface area contributed by atoms with Crippen LogP contribution in [0.25, 0.3) is 0 Å². The fourth-order valence-electron chi connectivity index (χ4n) is 11.2. The molecule has 23 nitrogen and oxygen atoms in total. The highest BCUT2D eigenvalue weighted by molar-refractivity contribution is 8.76. The van der Waals surface area contributed by atoms with E-state index in [1.54, 1.807) is 66.7 Å². The average molecular weight is 1190 g/mol. The minimum absolute atomic E-state index is 0.0108. The number of carbonyl (C=O) groups is 8. The third-order valence-electron chi connectivity index (χ3n) is 15.2. The molecule has 0 unspecified atom stereocenters. The molecule has 4 aliphatic rings. The second-order valence-corrected chi connectivity index (χ2v) is 24.8. The zero-order valence-corrected chi connectivity index (χ0v) is 47.5. The molecule has 2 bridgehead atoms. The molecule has 0 aromatic heterocycles. The van der Waals surface area contributed by atoms with Crippen molar-refractivity contribution in [2.45, 2.75) is 108 Å². The Morgan fingerprint density at radius 2 is 1.41 bits per heavy atom. The van der Waals surface area contributed by atoms with E-state index in [4.69, 9.17) is 42.4 Å². The highest BCUT2D eigenvalue weighted by atomic mass is 33.1. The minimum Gasteiger partial charge on any atom is -0.455 e. The van der Waals surface area contributed by atoms with E-state index in [-0.39, 0.29) is 72.1 Å². The Labute approximate surface area is 474 Å². The lowest BCUT2D eigenvalue weighted by atomic mass is 9.44. The zero-order chi connectivity index (χ0) is 59.1. The Bertz CT molecular complexity index is 2980. The lowest BCUT2D eigenvalue weighted by Gasteiger charge is -2.67. The first-order valence-electron chi connectivity index (χ1n) is 25.7. The van der Waals surface area contributed by atoms with Crippen LogP contribution in [0.2, 0.25) is 0 Å². The van der Waals surface area contributed by atoms with Crippen molar-refractivity contribution >= 4 is 79.5 Å². The molecule has 1 saturated heterocycles. The van der Waals surface area contributed by atoms with Crippen LogP contribution in [0.15, 0.2) is 102 Å². The maximum Gasteiger partial charge on any atom is 0.509 e. The van der Waals surface area contributed by atoms with Gasteiger partial charge in [0.2, 0.25) is 6.10 Å². The summed E-state index contributed by atoms with van der Waals surface area (Å²) in [6.45, 7) is 6.91. The second kappa shape index (κ2) is 25.7. The fraction of sp³-hybridized carbons (Fsp3) is 0.491. The second-order valence-electron chi connectivity index (χ2n) is 20.5. The van der Waals surface area contributed by atoms with Gasteiger partial charge in [0, 0.05) is 55.7 Å². The lowest BCUT2D eigenvalue weighted by Crippen LogP contribution is -2.82. The molecule has 3 fully saturated rings. The molecule has 5 N–H and O–H groups in total.